The second-order valence-electron chi connectivity index (χ2n) is 5.05. The van der Waals surface area contributed by atoms with Gasteiger partial charge in [-0.25, -0.2) is 0 Å². The Hall–Kier alpha value is -1.62. The summed E-state index contributed by atoms with van der Waals surface area (Å²) < 4.78 is 1.97. The van der Waals surface area contributed by atoms with Crippen LogP contribution in [0.1, 0.15) is 26.2 Å². The molecular formula is C13H18N4O. The lowest BCUT2D eigenvalue weighted by atomic mass is 9.90. The fraction of sp³-hybridized carbons (Fsp3) is 0.538. The van der Waals surface area contributed by atoms with Crippen molar-refractivity contribution in [2.75, 3.05) is 18.0 Å². The first kappa shape index (κ1) is 11.5. The summed E-state index contributed by atoms with van der Waals surface area (Å²) in [5, 5.41) is 18.4. The molecule has 0 amide bonds. The molecule has 1 atom stereocenters. The largest absolute Gasteiger partial charge is 0.388 e. The van der Waals surface area contributed by atoms with Gasteiger partial charge in [0.2, 0.25) is 0 Å². The van der Waals surface area contributed by atoms with Crippen molar-refractivity contribution >= 4 is 11.5 Å². The fourth-order valence-corrected chi connectivity index (χ4v) is 2.69. The van der Waals surface area contributed by atoms with E-state index in [0.717, 1.165) is 37.3 Å². The highest BCUT2D eigenvalue weighted by atomic mass is 16.3. The van der Waals surface area contributed by atoms with E-state index in [2.05, 4.69) is 21.2 Å². The van der Waals surface area contributed by atoms with Crippen molar-refractivity contribution in [2.24, 2.45) is 0 Å². The zero-order chi connectivity index (χ0) is 12.6. The minimum absolute atomic E-state index is 0.561. The predicted octanol–water partition coefficient (Wildman–Crippen LogP) is 1.47. The van der Waals surface area contributed by atoms with Gasteiger partial charge in [-0.1, -0.05) is 13.0 Å². The Labute approximate surface area is 106 Å². The van der Waals surface area contributed by atoms with Crippen molar-refractivity contribution in [3.8, 4) is 0 Å². The highest BCUT2D eigenvalue weighted by molar-refractivity contribution is 5.51. The van der Waals surface area contributed by atoms with Gasteiger partial charge in [0, 0.05) is 13.1 Å². The van der Waals surface area contributed by atoms with Crippen molar-refractivity contribution in [3.05, 3.63) is 24.5 Å². The molecule has 0 aliphatic carbocycles. The number of hydrogen-bond acceptors (Lipinski definition) is 4. The molecule has 0 saturated carbocycles. The van der Waals surface area contributed by atoms with Crippen LogP contribution >= 0.6 is 0 Å². The monoisotopic (exact) mass is 246 g/mol. The third-order valence-electron chi connectivity index (χ3n) is 3.85. The summed E-state index contributed by atoms with van der Waals surface area (Å²) in [6, 6.07) is 5.98. The fourth-order valence-electron chi connectivity index (χ4n) is 2.69. The Morgan fingerprint density at radius 2 is 2.33 bits per heavy atom. The quantitative estimate of drug-likeness (QED) is 0.872. The molecule has 0 aromatic carbocycles. The van der Waals surface area contributed by atoms with Gasteiger partial charge in [-0.05, 0) is 31.4 Å². The zero-order valence-electron chi connectivity index (χ0n) is 10.6. The number of rotatable bonds is 2. The molecule has 2 aromatic heterocycles. The van der Waals surface area contributed by atoms with Crippen LogP contribution in [0.2, 0.25) is 0 Å². The molecule has 1 aliphatic rings. The summed E-state index contributed by atoms with van der Waals surface area (Å²) in [5.41, 5.74) is 0.284. The van der Waals surface area contributed by atoms with Crippen LogP contribution in [0, 0.1) is 0 Å². The van der Waals surface area contributed by atoms with Crippen LogP contribution in [-0.2, 0) is 0 Å². The highest BCUT2D eigenvalue weighted by Gasteiger charge is 2.32. The van der Waals surface area contributed by atoms with E-state index in [1.165, 1.54) is 0 Å². The van der Waals surface area contributed by atoms with Gasteiger partial charge >= 0.3 is 0 Å². The minimum atomic E-state index is -0.561. The number of aliphatic hydroxyl groups is 1. The van der Waals surface area contributed by atoms with Gasteiger partial charge in [-0.3, -0.25) is 4.40 Å². The summed E-state index contributed by atoms with van der Waals surface area (Å²) in [7, 11) is 0. The Morgan fingerprint density at radius 1 is 1.44 bits per heavy atom. The molecule has 2 aromatic rings. The van der Waals surface area contributed by atoms with Crippen LogP contribution in [0.4, 0.5) is 5.82 Å². The van der Waals surface area contributed by atoms with E-state index in [9.17, 15) is 5.11 Å². The standard InChI is InChI=1S/C13H18N4O/c1-2-13(18)7-4-8-16(9-13)12-6-3-5-11-15-14-10-17(11)12/h3,5-6,10,18H,2,4,7-9H2,1H3. The van der Waals surface area contributed by atoms with Crippen molar-refractivity contribution in [1.29, 1.82) is 0 Å². The lowest BCUT2D eigenvalue weighted by Gasteiger charge is -2.39. The molecule has 5 nitrogen and oxygen atoms in total. The molecule has 1 saturated heterocycles. The summed E-state index contributed by atoms with van der Waals surface area (Å²) in [6.45, 7) is 3.70. The average molecular weight is 246 g/mol. The van der Waals surface area contributed by atoms with Crippen LogP contribution < -0.4 is 4.90 Å². The first-order chi connectivity index (χ1) is 8.72. The van der Waals surface area contributed by atoms with Crippen LogP contribution in [0.15, 0.2) is 24.5 Å². The molecule has 18 heavy (non-hydrogen) atoms. The van der Waals surface area contributed by atoms with Crippen LogP contribution in [0.25, 0.3) is 5.65 Å². The lowest BCUT2D eigenvalue weighted by Crippen LogP contribution is -2.48. The molecule has 1 fully saturated rings. The molecule has 5 heteroatoms. The summed E-state index contributed by atoms with van der Waals surface area (Å²) in [5.74, 6) is 1.06. The second kappa shape index (κ2) is 4.24. The number of piperidine rings is 1. The molecular weight excluding hydrogens is 228 g/mol. The predicted molar refractivity (Wildman–Crippen MR) is 69.7 cm³/mol. The van der Waals surface area contributed by atoms with Crippen LogP contribution in [-0.4, -0.2) is 38.4 Å². The van der Waals surface area contributed by atoms with Crippen molar-refractivity contribution in [2.45, 2.75) is 31.8 Å². The van der Waals surface area contributed by atoms with Gasteiger partial charge in [0.15, 0.2) is 5.65 Å². The summed E-state index contributed by atoms with van der Waals surface area (Å²) in [4.78, 5) is 2.23. The van der Waals surface area contributed by atoms with Gasteiger partial charge < -0.3 is 10.0 Å². The van der Waals surface area contributed by atoms with Crippen molar-refractivity contribution in [1.82, 2.24) is 14.6 Å². The van der Waals surface area contributed by atoms with E-state index in [1.807, 2.05) is 23.5 Å². The Balaban J connectivity index is 1.97. The molecule has 3 rings (SSSR count). The van der Waals surface area contributed by atoms with E-state index in [1.54, 1.807) is 6.33 Å². The number of anilines is 1. The number of nitrogens with zero attached hydrogens (tertiary/aromatic N) is 4. The number of hydrogen-bond donors (Lipinski definition) is 1. The Morgan fingerprint density at radius 3 is 3.17 bits per heavy atom. The zero-order valence-corrected chi connectivity index (χ0v) is 10.6. The molecule has 0 bridgehead atoms. The van der Waals surface area contributed by atoms with E-state index < -0.39 is 5.60 Å². The summed E-state index contributed by atoms with van der Waals surface area (Å²) >= 11 is 0. The number of aromatic nitrogens is 3. The molecule has 3 heterocycles. The first-order valence-electron chi connectivity index (χ1n) is 6.48. The molecule has 96 valence electrons. The minimum Gasteiger partial charge on any atom is -0.388 e. The SMILES string of the molecule is CCC1(O)CCCN(c2cccc3nncn23)C1. The van der Waals surface area contributed by atoms with E-state index >= 15 is 0 Å². The number of β-amino-alcohol motifs (C(OH)–C–C–N with tert-alkyl or cyclic N) is 1. The van der Waals surface area contributed by atoms with Gasteiger partial charge in [0.1, 0.15) is 12.1 Å². The summed E-state index contributed by atoms with van der Waals surface area (Å²) in [6.07, 6.45) is 4.42. The number of fused-ring (bicyclic) bond motifs is 1. The molecule has 1 N–H and O–H groups in total. The maximum absolute atomic E-state index is 10.5. The molecule has 1 aliphatic heterocycles. The maximum Gasteiger partial charge on any atom is 0.162 e. The second-order valence-corrected chi connectivity index (χ2v) is 5.05. The third-order valence-corrected chi connectivity index (χ3v) is 3.85. The van der Waals surface area contributed by atoms with Gasteiger partial charge in [0.05, 0.1) is 5.60 Å². The van der Waals surface area contributed by atoms with Gasteiger partial charge in [-0.2, -0.15) is 0 Å². The van der Waals surface area contributed by atoms with Crippen molar-refractivity contribution in [3.63, 3.8) is 0 Å². The van der Waals surface area contributed by atoms with E-state index in [0.29, 0.717) is 6.54 Å². The highest BCUT2D eigenvalue weighted by Crippen LogP contribution is 2.28. The smallest absolute Gasteiger partial charge is 0.162 e. The topological polar surface area (TPSA) is 53.7 Å². The Bertz CT molecular complexity index is 553. The van der Waals surface area contributed by atoms with Crippen LogP contribution in [0.3, 0.4) is 0 Å². The van der Waals surface area contributed by atoms with Gasteiger partial charge in [0.25, 0.3) is 0 Å². The van der Waals surface area contributed by atoms with Gasteiger partial charge in [-0.15, -0.1) is 10.2 Å². The molecule has 0 radical (unpaired) electrons. The Kier molecular flexibility index (Phi) is 2.70. The average Bonchev–Trinajstić information content (AvgIpc) is 2.87. The molecule has 1 unspecified atom stereocenters. The maximum atomic E-state index is 10.5. The normalized spacial score (nSPS) is 24.7. The van der Waals surface area contributed by atoms with Crippen LogP contribution in [0.5, 0.6) is 0 Å². The number of pyridine rings is 1. The first-order valence-corrected chi connectivity index (χ1v) is 6.48. The van der Waals surface area contributed by atoms with Crippen molar-refractivity contribution < 1.29 is 5.11 Å². The lowest BCUT2D eigenvalue weighted by molar-refractivity contribution is 0.0221. The molecule has 0 spiro atoms. The van der Waals surface area contributed by atoms with E-state index in [-0.39, 0.29) is 0 Å². The third kappa shape index (κ3) is 1.84. The van der Waals surface area contributed by atoms with E-state index in [4.69, 9.17) is 0 Å².